The summed E-state index contributed by atoms with van der Waals surface area (Å²) >= 11 is 0. The topological polar surface area (TPSA) is 90.0 Å². The van der Waals surface area contributed by atoms with E-state index in [0.717, 1.165) is 17.7 Å². The average Bonchev–Trinajstić information content (AvgIpc) is 2.70. The van der Waals surface area contributed by atoms with E-state index in [2.05, 4.69) is 5.32 Å². The zero-order chi connectivity index (χ0) is 13.1. The summed E-state index contributed by atoms with van der Waals surface area (Å²) in [6.45, 7) is 1.09. The first-order valence-corrected chi connectivity index (χ1v) is 6.08. The molecule has 2 aliphatic heterocycles. The molecule has 2 heterocycles. The van der Waals surface area contributed by atoms with Gasteiger partial charge in [-0.15, -0.1) is 0 Å². The largest absolute Gasteiger partial charge is 0.396 e. The van der Waals surface area contributed by atoms with Crippen LogP contribution in [-0.2, 0) is 9.59 Å². The lowest BCUT2D eigenvalue weighted by Crippen LogP contribution is -2.46. The van der Waals surface area contributed by atoms with E-state index in [0.29, 0.717) is 13.1 Å². The number of aliphatic hydroxyl groups is 1. The summed E-state index contributed by atoms with van der Waals surface area (Å²) in [5, 5.41) is 11.4. The van der Waals surface area contributed by atoms with Crippen LogP contribution in [0.25, 0.3) is 0 Å². The van der Waals surface area contributed by atoms with Crippen molar-refractivity contribution in [3.05, 3.63) is 0 Å². The summed E-state index contributed by atoms with van der Waals surface area (Å²) in [6, 6.07) is -0.501. The van der Waals surface area contributed by atoms with Crippen molar-refractivity contribution in [2.75, 3.05) is 32.8 Å². The number of amides is 4. The predicted molar refractivity (Wildman–Crippen MR) is 61.5 cm³/mol. The van der Waals surface area contributed by atoms with Crippen molar-refractivity contribution >= 4 is 17.8 Å². The van der Waals surface area contributed by atoms with Gasteiger partial charge in [0, 0.05) is 19.7 Å². The molecule has 2 rings (SSSR count). The SMILES string of the molecule is O=C(CN1C(=O)CNC1=O)N1CCC(CO)CC1. The average molecular weight is 255 g/mol. The quantitative estimate of drug-likeness (QED) is 0.618. The second-order valence-corrected chi connectivity index (χ2v) is 4.65. The number of likely N-dealkylation sites (tertiary alicyclic amines) is 1. The lowest BCUT2D eigenvalue weighted by molar-refractivity contribution is -0.137. The smallest absolute Gasteiger partial charge is 0.325 e. The van der Waals surface area contributed by atoms with Crippen LogP contribution >= 0.6 is 0 Å². The maximum absolute atomic E-state index is 11.9. The minimum absolute atomic E-state index is 0.0291. The van der Waals surface area contributed by atoms with Gasteiger partial charge in [0.1, 0.15) is 6.54 Å². The molecular weight excluding hydrogens is 238 g/mol. The molecule has 0 aromatic carbocycles. The Hall–Kier alpha value is -1.63. The normalized spacial score (nSPS) is 21.4. The maximum Gasteiger partial charge on any atom is 0.325 e. The maximum atomic E-state index is 11.9. The van der Waals surface area contributed by atoms with Gasteiger partial charge in [0.25, 0.3) is 5.91 Å². The molecule has 4 amide bonds. The number of nitrogens with one attached hydrogen (secondary N) is 1. The molecule has 100 valence electrons. The van der Waals surface area contributed by atoms with Crippen molar-refractivity contribution in [2.45, 2.75) is 12.8 Å². The summed E-state index contributed by atoms with van der Waals surface area (Å²) < 4.78 is 0. The van der Waals surface area contributed by atoms with Crippen LogP contribution in [0.15, 0.2) is 0 Å². The summed E-state index contributed by atoms with van der Waals surface area (Å²) in [6.07, 6.45) is 1.53. The van der Waals surface area contributed by atoms with Crippen LogP contribution in [-0.4, -0.2) is 65.5 Å². The highest BCUT2D eigenvalue weighted by Gasteiger charge is 2.32. The minimum Gasteiger partial charge on any atom is -0.396 e. The van der Waals surface area contributed by atoms with E-state index in [4.69, 9.17) is 5.11 Å². The molecular formula is C11H17N3O4. The van der Waals surface area contributed by atoms with Crippen LogP contribution in [0.4, 0.5) is 4.79 Å². The van der Waals surface area contributed by atoms with Gasteiger partial charge in [0.05, 0.1) is 6.54 Å². The van der Waals surface area contributed by atoms with Crippen molar-refractivity contribution in [1.29, 1.82) is 0 Å². The van der Waals surface area contributed by atoms with Gasteiger partial charge < -0.3 is 15.3 Å². The Morgan fingerprint density at radius 3 is 2.50 bits per heavy atom. The summed E-state index contributed by atoms with van der Waals surface area (Å²) in [7, 11) is 0. The predicted octanol–water partition coefficient (Wildman–Crippen LogP) is -1.23. The summed E-state index contributed by atoms with van der Waals surface area (Å²) in [4.78, 5) is 37.2. The standard InChI is InChI=1S/C11H17N3O4/c15-7-8-1-3-13(4-2-8)10(17)6-14-9(16)5-12-11(14)18/h8,15H,1-7H2,(H,12,18). The number of rotatable bonds is 3. The number of carbonyl (C=O) groups excluding carboxylic acids is 3. The monoisotopic (exact) mass is 255 g/mol. The Morgan fingerprint density at radius 2 is 2.00 bits per heavy atom. The number of aliphatic hydroxyl groups excluding tert-OH is 1. The molecule has 0 aromatic rings. The van der Waals surface area contributed by atoms with Gasteiger partial charge >= 0.3 is 6.03 Å². The number of nitrogens with zero attached hydrogens (tertiary/aromatic N) is 2. The van der Waals surface area contributed by atoms with Crippen LogP contribution in [0.2, 0.25) is 0 Å². The molecule has 2 saturated heterocycles. The van der Waals surface area contributed by atoms with Crippen LogP contribution in [0.3, 0.4) is 0 Å². The Kier molecular flexibility index (Phi) is 3.81. The lowest BCUT2D eigenvalue weighted by atomic mass is 9.98. The van der Waals surface area contributed by atoms with Crippen molar-refractivity contribution < 1.29 is 19.5 Å². The molecule has 0 bridgehead atoms. The number of imide groups is 1. The third kappa shape index (κ3) is 2.61. The van der Waals surface area contributed by atoms with Gasteiger partial charge in [-0.2, -0.15) is 0 Å². The molecule has 7 heteroatoms. The Bertz CT molecular complexity index is 347. The van der Waals surface area contributed by atoms with Gasteiger partial charge in [0.15, 0.2) is 0 Å². The fourth-order valence-corrected chi connectivity index (χ4v) is 2.22. The summed E-state index contributed by atoms with van der Waals surface area (Å²) in [5.41, 5.74) is 0. The molecule has 7 nitrogen and oxygen atoms in total. The van der Waals surface area contributed by atoms with Crippen molar-refractivity contribution in [3.8, 4) is 0 Å². The van der Waals surface area contributed by atoms with E-state index in [-0.39, 0.29) is 37.4 Å². The molecule has 2 N–H and O–H groups in total. The Labute approximate surface area is 105 Å². The van der Waals surface area contributed by atoms with E-state index < -0.39 is 6.03 Å². The third-order valence-corrected chi connectivity index (χ3v) is 3.46. The lowest BCUT2D eigenvalue weighted by Gasteiger charge is -2.31. The first-order chi connectivity index (χ1) is 8.61. The third-order valence-electron chi connectivity index (χ3n) is 3.46. The number of urea groups is 1. The van der Waals surface area contributed by atoms with Crippen LogP contribution in [0.1, 0.15) is 12.8 Å². The number of hydrogen-bond acceptors (Lipinski definition) is 4. The van der Waals surface area contributed by atoms with Gasteiger partial charge in [-0.25, -0.2) is 4.79 Å². The fourth-order valence-electron chi connectivity index (χ4n) is 2.22. The van der Waals surface area contributed by atoms with Crippen molar-refractivity contribution in [1.82, 2.24) is 15.1 Å². The Balaban J connectivity index is 1.85. The molecule has 0 radical (unpaired) electrons. The van der Waals surface area contributed by atoms with E-state index in [9.17, 15) is 14.4 Å². The van der Waals surface area contributed by atoms with E-state index in [1.165, 1.54) is 0 Å². The molecule has 18 heavy (non-hydrogen) atoms. The molecule has 2 fully saturated rings. The number of carbonyl (C=O) groups is 3. The van der Waals surface area contributed by atoms with Gasteiger partial charge in [-0.3, -0.25) is 14.5 Å². The second-order valence-electron chi connectivity index (χ2n) is 4.65. The number of piperidine rings is 1. The molecule has 0 spiro atoms. The van der Waals surface area contributed by atoms with E-state index in [1.807, 2.05) is 0 Å². The Morgan fingerprint density at radius 1 is 1.33 bits per heavy atom. The van der Waals surface area contributed by atoms with Crippen LogP contribution in [0, 0.1) is 5.92 Å². The molecule has 0 aliphatic carbocycles. The minimum atomic E-state index is -0.501. The zero-order valence-corrected chi connectivity index (χ0v) is 10.1. The highest BCUT2D eigenvalue weighted by atomic mass is 16.3. The number of hydrogen-bond donors (Lipinski definition) is 2. The summed E-state index contributed by atoms with van der Waals surface area (Å²) in [5.74, 6) is -0.318. The molecule has 0 unspecified atom stereocenters. The molecule has 0 saturated carbocycles. The zero-order valence-electron chi connectivity index (χ0n) is 10.1. The highest BCUT2D eigenvalue weighted by Crippen LogP contribution is 2.16. The van der Waals surface area contributed by atoms with Crippen LogP contribution < -0.4 is 5.32 Å². The van der Waals surface area contributed by atoms with Gasteiger partial charge in [0.2, 0.25) is 5.91 Å². The van der Waals surface area contributed by atoms with Crippen molar-refractivity contribution in [3.63, 3.8) is 0 Å². The second kappa shape index (κ2) is 5.34. The van der Waals surface area contributed by atoms with Gasteiger partial charge in [-0.05, 0) is 18.8 Å². The van der Waals surface area contributed by atoms with E-state index >= 15 is 0 Å². The van der Waals surface area contributed by atoms with Gasteiger partial charge in [-0.1, -0.05) is 0 Å². The molecule has 2 aliphatic rings. The highest BCUT2D eigenvalue weighted by molar-refractivity contribution is 6.04. The fraction of sp³-hybridized carbons (Fsp3) is 0.727. The first-order valence-electron chi connectivity index (χ1n) is 6.08. The van der Waals surface area contributed by atoms with E-state index in [1.54, 1.807) is 4.90 Å². The van der Waals surface area contributed by atoms with Crippen LogP contribution in [0.5, 0.6) is 0 Å². The first kappa shape index (κ1) is 12.8. The molecule has 0 atom stereocenters. The molecule has 0 aromatic heterocycles. The van der Waals surface area contributed by atoms with Crippen molar-refractivity contribution in [2.24, 2.45) is 5.92 Å².